The van der Waals surface area contributed by atoms with Crippen molar-refractivity contribution in [1.29, 1.82) is 0 Å². The average Bonchev–Trinajstić information content (AvgIpc) is 2.41. The molecule has 21 heavy (non-hydrogen) atoms. The zero-order valence-electron chi connectivity index (χ0n) is 11.7. The predicted molar refractivity (Wildman–Crippen MR) is 77.4 cm³/mol. The fraction of sp³-hybridized carbons (Fsp3) is 0.250. The van der Waals surface area contributed by atoms with Gasteiger partial charge in [-0.25, -0.2) is 0 Å². The van der Waals surface area contributed by atoms with E-state index in [0.717, 1.165) is 33.9 Å². The summed E-state index contributed by atoms with van der Waals surface area (Å²) >= 11 is 1.09. The van der Waals surface area contributed by atoms with Crippen molar-refractivity contribution in [3.05, 3.63) is 58.7 Å². The summed E-state index contributed by atoms with van der Waals surface area (Å²) in [4.78, 5) is 0.939. The van der Waals surface area contributed by atoms with E-state index in [9.17, 15) is 13.2 Å². The van der Waals surface area contributed by atoms with Gasteiger partial charge >= 0.3 is 6.18 Å². The van der Waals surface area contributed by atoms with Crippen LogP contribution in [0.25, 0.3) is 0 Å². The Morgan fingerprint density at radius 2 is 1.67 bits per heavy atom. The van der Waals surface area contributed by atoms with Crippen molar-refractivity contribution in [3.8, 4) is 0 Å². The third-order valence-electron chi connectivity index (χ3n) is 3.08. The molecule has 2 rings (SSSR count). The number of alkyl halides is 3. The lowest BCUT2D eigenvalue weighted by molar-refractivity contribution is -0.139. The molecule has 0 unspecified atom stereocenters. The zero-order valence-corrected chi connectivity index (χ0v) is 12.5. The highest BCUT2D eigenvalue weighted by Gasteiger charge is 2.34. The van der Waals surface area contributed by atoms with Crippen molar-refractivity contribution >= 4 is 11.8 Å². The summed E-state index contributed by atoms with van der Waals surface area (Å²) in [5.41, 5.74) is 1.56. The van der Waals surface area contributed by atoms with E-state index >= 15 is 0 Å². The fourth-order valence-electron chi connectivity index (χ4n) is 2.02. The van der Waals surface area contributed by atoms with E-state index in [2.05, 4.69) is 0 Å². The van der Waals surface area contributed by atoms with E-state index in [1.54, 1.807) is 0 Å². The molecule has 0 radical (unpaired) electrons. The molecule has 0 fully saturated rings. The molecule has 0 amide bonds. The van der Waals surface area contributed by atoms with Crippen LogP contribution in [0.5, 0.6) is 0 Å². The molecule has 0 atom stereocenters. The van der Waals surface area contributed by atoms with Crippen LogP contribution in [0, 0.1) is 13.8 Å². The van der Waals surface area contributed by atoms with Gasteiger partial charge in [0, 0.05) is 9.79 Å². The Morgan fingerprint density at radius 3 is 2.24 bits per heavy atom. The summed E-state index contributed by atoms with van der Waals surface area (Å²) in [5.74, 6) is 0. The molecular weight excluding hydrogens is 297 g/mol. The van der Waals surface area contributed by atoms with Gasteiger partial charge in [0.2, 0.25) is 0 Å². The van der Waals surface area contributed by atoms with Crippen molar-refractivity contribution in [2.45, 2.75) is 36.4 Å². The van der Waals surface area contributed by atoms with Crippen LogP contribution in [0.2, 0.25) is 0 Å². The molecule has 2 aromatic rings. The van der Waals surface area contributed by atoms with E-state index in [1.807, 2.05) is 32.0 Å². The molecule has 0 spiro atoms. The van der Waals surface area contributed by atoms with Gasteiger partial charge in [-0.2, -0.15) is 13.2 Å². The van der Waals surface area contributed by atoms with E-state index in [-0.39, 0.29) is 10.5 Å². The normalized spacial score (nSPS) is 11.7. The lowest BCUT2D eigenvalue weighted by atomic mass is 10.1. The van der Waals surface area contributed by atoms with Crippen molar-refractivity contribution in [3.63, 3.8) is 0 Å². The Bertz CT molecular complexity index is 650. The van der Waals surface area contributed by atoms with E-state index < -0.39 is 18.3 Å². The van der Waals surface area contributed by atoms with Gasteiger partial charge in [-0.3, -0.25) is 0 Å². The molecule has 5 heteroatoms. The van der Waals surface area contributed by atoms with Gasteiger partial charge in [-0.1, -0.05) is 35.5 Å². The first-order valence-corrected chi connectivity index (χ1v) is 7.19. The molecular formula is C16H15F3OS. The Hall–Kier alpha value is -1.46. The predicted octanol–water partition coefficient (Wildman–Crippen LogP) is 4.97. The first-order chi connectivity index (χ1) is 9.81. The zero-order chi connectivity index (χ0) is 15.6. The molecule has 0 heterocycles. The number of aryl methyl sites for hydroxylation is 2. The van der Waals surface area contributed by atoms with Crippen LogP contribution in [-0.2, 0) is 12.8 Å². The maximum atomic E-state index is 13.1. The number of hydrogen-bond acceptors (Lipinski definition) is 2. The number of aliphatic hydroxyl groups is 1. The lowest BCUT2D eigenvalue weighted by Gasteiger charge is -2.15. The SMILES string of the molecule is Cc1ccc(Sc2ccc(CO)cc2C(F)(F)F)c(C)c1. The largest absolute Gasteiger partial charge is 0.417 e. The Balaban J connectivity index is 2.44. The fourth-order valence-corrected chi connectivity index (χ4v) is 3.03. The molecule has 112 valence electrons. The highest BCUT2D eigenvalue weighted by atomic mass is 32.2. The molecule has 2 aromatic carbocycles. The summed E-state index contributed by atoms with van der Waals surface area (Å²) in [5, 5.41) is 9.01. The minimum Gasteiger partial charge on any atom is -0.392 e. The van der Waals surface area contributed by atoms with E-state index in [0.29, 0.717) is 0 Å². The molecule has 0 aliphatic heterocycles. The maximum absolute atomic E-state index is 13.1. The van der Waals surface area contributed by atoms with Crippen LogP contribution in [0.15, 0.2) is 46.2 Å². The maximum Gasteiger partial charge on any atom is 0.417 e. The Kier molecular flexibility index (Phi) is 4.64. The van der Waals surface area contributed by atoms with E-state index in [4.69, 9.17) is 5.11 Å². The first-order valence-electron chi connectivity index (χ1n) is 6.37. The summed E-state index contributed by atoms with van der Waals surface area (Å²) in [6.45, 7) is 3.42. The van der Waals surface area contributed by atoms with Gasteiger partial charge < -0.3 is 5.11 Å². The summed E-state index contributed by atoms with van der Waals surface area (Å²) in [7, 11) is 0. The van der Waals surface area contributed by atoms with Crippen LogP contribution in [0.4, 0.5) is 13.2 Å². The number of aliphatic hydroxyl groups excluding tert-OH is 1. The van der Waals surface area contributed by atoms with Crippen molar-refractivity contribution < 1.29 is 18.3 Å². The van der Waals surface area contributed by atoms with Crippen molar-refractivity contribution in [2.24, 2.45) is 0 Å². The molecule has 0 saturated heterocycles. The second-order valence-corrected chi connectivity index (χ2v) is 5.94. The number of hydrogen-bond donors (Lipinski definition) is 1. The van der Waals surface area contributed by atoms with Gasteiger partial charge in [0.1, 0.15) is 0 Å². The Labute approximate surface area is 125 Å². The molecule has 0 saturated carbocycles. The summed E-state index contributed by atoms with van der Waals surface area (Å²) < 4.78 is 39.4. The van der Waals surface area contributed by atoms with Gasteiger partial charge in [0.25, 0.3) is 0 Å². The van der Waals surface area contributed by atoms with Crippen LogP contribution < -0.4 is 0 Å². The number of halogens is 3. The minimum atomic E-state index is -4.44. The van der Waals surface area contributed by atoms with Gasteiger partial charge in [-0.15, -0.1) is 0 Å². The monoisotopic (exact) mass is 312 g/mol. The second-order valence-electron chi connectivity index (χ2n) is 4.86. The van der Waals surface area contributed by atoms with Crippen LogP contribution >= 0.6 is 11.8 Å². The first kappa shape index (κ1) is 15.9. The number of rotatable bonds is 3. The smallest absolute Gasteiger partial charge is 0.392 e. The molecule has 0 aliphatic carbocycles. The van der Waals surface area contributed by atoms with Crippen molar-refractivity contribution in [1.82, 2.24) is 0 Å². The molecule has 0 aromatic heterocycles. The average molecular weight is 312 g/mol. The van der Waals surface area contributed by atoms with Gasteiger partial charge in [0.15, 0.2) is 0 Å². The molecule has 1 nitrogen and oxygen atoms in total. The Morgan fingerprint density at radius 1 is 1.00 bits per heavy atom. The second kappa shape index (κ2) is 6.12. The molecule has 1 N–H and O–H groups in total. The molecule has 0 aliphatic rings. The summed E-state index contributed by atoms with van der Waals surface area (Å²) in [6, 6.07) is 9.59. The van der Waals surface area contributed by atoms with Crippen LogP contribution in [0.3, 0.4) is 0 Å². The third kappa shape index (κ3) is 3.80. The number of benzene rings is 2. The van der Waals surface area contributed by atoms with Crippen LogP contribution in [-0.4, -0.2) is 5.11 Å². The topological polar surface area (TPSA) is 20.2 Å². The third-order valence-corrected chi connectivity index (χ3v) is 4.34. The van der Waals surface area contributed by atoms with E-state index in [1.165, 1.54) is 12.1 Å². The standard InChI is InChI=1S/C16H15F3OS/c1-10-3-5-14(11(2)7-10)21-15-6-4-12(9-20)8-13(15)16(17,18)19/h3-8,20H,9H2,1-2H3. The van der Waals surface area contributed by atoms with Gasteiger partial charge in [0.05, 0.1) is 12.2 Å². The molecule has 0 bridgehead atoms. The van der Waals surface area contributed by atoms with Crippen molar-refractivity contribution in [2.75, 3.05) is 0 Å². The quantitative estimate of drug-likeness (QED) is 0.864. The van der Waals surface area contributed by atoms with Gasteiger partial charge in [-0.05, 0) is 43.2 Å². The lowest BCUT2D eigenvalue weighted by Crippen LogP contribution is -2.07. The van der Waals surface area contributed by atoms with Crippen LogP contribution in [0.1, 0.15) is 22.3 Å². The highest BCUT2D eigenvalue weighted by molar-refractivity contribution is 7.99. The minimum absolute atomic E-state index is 0.145. The highest BCUT2D eigenvalue weighted by Crippen LogP contribution is 2.40. The summed E-state index contributed by atoms with van der Waals surface area (Å²) in [6.07, 6.45) is -4.44.